The lowest BCUT2D eigenvalue weighted by Crippen LogP contribution is -2.49. The van der Waals surface area contributed by atoms with E-state index in [0.29, 0.717) is 23.9 Å². The zero-order chi connectivity index (χ0) is 23.2. The number of fused-ring (bicyclic) bond motifs is 1. The van der Waals surface area contributed by atoms with Gasteiger partial charge in [0.15, 0.2) is 11.5 Å². The zero-order valence-electron chi connectivity index (χ0n) is 19.6. The van der Waals surface area contributed by atoms with Crippen LogP contribution in [-0.2, 0) is 19.0 Å². The van der Waals surface area contributed by atoms with Gasteiger partial charge in [0, 0.05) is 0 Å². The van der Waals surface area contributed by atoms with Gasteiger partial charge in [0.2, 0.25) is 0 Å². The monoisotopic (exact) mass is 430 g/mol. The molecule has 170 valence electrons. The third kappa shape index (κ3) is 6.62. The fraction of sp³-hybridized carbons (Fsp3) is 0.480. The van der Waals surface area contributed by atoms with Crippen molar-refractivity contribution in [3.63, 3.8) is 0 Å². The lowest BCUT2D eigenvalue weighted by molar-refractivity contribution is -0.139. The van der Waals surface area contributed by atoms with Crippen LogP contribution in [0.4, 0.5) is 0 Å². The van der Waals surface area contributed by atoms with Gasteiger partial charge in [-0.1, -0.05) is 18.2 Å². The van der Waals surface area contributed by atoms with Crippen LogP contribution in [0.3, 0.4) is 0 Å². The first-order valence-corrected chi connectivity index (χ1v) is 10.3. The van der Waals surface area contributed by atoms with Crippen LogP contribution < -0.4 is 9.47 Å². The number of ether oxygens (including phenoxy) is 5. The van der Waals surface area contributed by atoms with E-state index in [1.807, 2.05) is 65.0 Å². The van der Waals surface area contributed by atoms with E-state index in [2.05, 4.69) is 6.58 Å². The van der Waals surface area contributed by atoms with Crippen LogP contribution in [0.1, 0.15) is 46.6 Å². The van der Waals surface area contributed by atoms with Crippen LogP contribution in [-0.4, -0.2) is 44.1 Å². The molecule has 0 spiro atoms. The molecule has 6 nitrogen and oxygen atoms in total. The Morgan fingerprint density at radius 2 is 1.97 bits per heavy atom. The Bertz CT molecular complexity index is 863. The van der Waals surface area contributed by atoms with Gasteiger partial charge in [-0.05, 0) is 64.0 Å². The topological polar surface area (TPSA) is 63.2 Å². The number of hydrogen-bond donors (Lipinski definition) is 0. The largest absolute Gasteiger partial charge is 0.497 e. The van der Waals surface area contributed by atoms with Gasteiger partial charge in [-0.3, -0.25) is 4.79 Å². The second-order valence-electron chi connectivity index (χ2n) is 8.57. The highest BCUT2D eigenvalue weighted by molar-refractivity contribution is 5.72. The first kappa shape index (κ1) is 24.5. The number of allylic oxidation sites excluding steroid dienone is 1. The Hall–Kier alpha value is -2.73. The van der Waals surface area contributed by atoms with Crippen molar-refractivity contribution < 1.29 is 28.5 Å². The number of esters is 1. The molecule has 1 atom stereocenters. The minimum absolute atomic E-state index is 0.168. The number of rotatable bonds is 8. The van der Waals surface area contributed by atoms with Crippen molar-refractivity contribution in [3.8, 4) is 11.5 Å². The number of carbonyl (C=O) groups excluding carboxylic acids is 1. The van der Waals surface area contributed by atoms with E-state index in [9.17, 15) is 4.79 Å². The fourth-order valence-electron chi connectivity index (χ4n) is 3.07. The number of methoxy groups -OCH3 is 2. The van der Waals surface area contributed by atoms with E-state index >= 15 is 0 Å². The number of hydrogen-bond acceptors (Lipinski definition) is 6. The lowest BCUT2D eigenvalue weighted by atomic mass is 10.0. The van der Waals surface area contributed by atoms with Crippen LogP contribution in [0.2, 0.25) is 0 Å². The SMILES string of the molecule is C=CC(C)(C)O[C@H]1COc2ccc(/C=C/C(OC)=C(\C)CC(=O)OC)cc2OC1(C)C. The molecule has 0 saturated heterocycles. The second kappa shape index (κ2) is 10.1. The molecule has 1 aromatic rings. The number of carbonyl (C=O) groups is 1. The summed E-state index contributed by atoms with van der Waals surface area (Å²) in [6.07, 6.45) is 5.38. The molecule has 0 N–H and O–H groups in total. The molecule has 31 heavy (non-hydrogen) atoms. The lowest BCUT2D eigenvalue weighted by Gasteiger charge is -2.36. The predicted octanol–water partition coefficient (Wildman–Crippen LogP) is 5.08. The van der Waals surface area contributed by atoms with Gasteiger partial charge in [-0.25, -0.2) is 0 Å². The average molecular weight is 431 g/mol. The molecular weight excluding hydrogens is 396 g/mol. The average Bonchev–Trinajstić information content (AvgIpc) is 2.83. The maximum atomic E-state index is 11.5. The molecular formula is C25H34O6. The molecule has 0 bridgehead atoms. The quantitative estimate of drug-likeness (QED) is 0.248. The van der Waals surface area contributed by atoms with Gasteiger partial charge in [0.05, 0.1) is 26.2 Å². The molecule has 2 rings (SSSR count). The van der Waals surface area contributed by atoms with E-state index in [0.717, 1.165) is 11.1 Å². The summed E-state index contributed by atoms with van der Waals surface area (Å²) in [5, 5.41) is 0. The van der Waals surface area contributed by atoms with E-state index < -0.39 is 11.2 Å². The highest BCUT2D eigenvalue weighted by atomic mass is 16.6. The van der Waals surface area contributed by atoms with Gasteiger partial charge < -0.3 is 23.7 Å². The van der Waals surface area contributed by atoms with Gasteiger partial charge in [0.1, 0.15) is 24.1 Å². The van der Waals surface area contributed by atoms with Gasteiger partial charge in [-0.15, -0.1) is 6.58 Å². The standard InChI is InChI=1S/C25H34O6/c1-9-24(3,4)31-22-16-29-20-13-11-18(15-21(20)30-25(22,5)6)10-12-19(27-7)17(2)14-23(26)28-8/h9-13,15,22H,1,14,16H2,2-8H3/b12-10+,19-17-/t22-/m0/s1. The maximum absolute atomic E-state index is 11.5. The molecule has 0 aliphatic carbocycles. The summed E-state index contributed by atoms with van der Waals surface area (Å²) in [6.45, 7) is 13.9. The van der Waals surface area contributed by atoms with E-state index in [1.54, 1.807) is 13.2 Å². The van der Waals surface area contributed by atoms with Crippen molar-refractivity contribution in [2.24, 2.45) is 0 Å². The Morgan fingerprint density at radius 3 is 2.58 bits per heavy atom. The summed E-state index contributed by atoms with van der Waals surface area (Å²) in [7, 11) is 2.94. The second-order valence-corrected chi connectivity index (χ2v) is 8.57. The fourth-order valence-corrected chi connectivity index (χ4v) is 3.07. The van der Waals surface area contributed by atoms with Gasteiger partial charge in [-0.2, -0.15) is 0 Å². The third-order valence-electron chi connectivity index (χ3n) is 5.15. The molecule has 0 radical (unpaired) electrons. The molecule has 0 fully saturated rings. The van der Waals surface area contributed by atoms with E-state index in [1.165, 1.54) is 7.11 Å². The summed E-state index contributed by atoms with van der Waals surface area (Å²) in [4.78, 5) is 11.5. The highest BCUT2D eigenvalue weighted by Crippen LogP contribution is 2.37. The Labute approximate surface area is 185 Å². The molecule has 6 heteroatoms. The Morgan fingerprint density at radius 1 is 1.26 bits per heavy atom. The van der Waals surface area contributed by atoms with Gasteiger partial charge in [0.25, 0.3) is 0 Å². The Balaban J connectivity index is 2.24. The van der Waals surface area contributed by atoms with Crippen molar-refractivity contribution >= 4 is 12.0 Å². The molecule has 1 aliphatic heterocycles. The predicted molar refractivity (Wildman–Crippen MR) is 121 cm³/mol. The normalized spacial score (nSPS) is 18.7. The smallest absolute Gasteiger partial charge is 0.309 e. The minimum Gasteiger partial charge on any atom is -0.497 e. The van der Waals surface area contributed by atoms with Crippen LogP contribution in [0, 0.1) is 0 Å². The van der Waals surface area contributed by atoms with E-state index in [-0.39, 0.29) is 18.5 Å². The molecule has 0 saturated carbocycles. The van der Waals surface area contributed by atoms with Gasteiger partial charge >= 0.3 is 5.97 Å². The molecule has 0 amide bonds. The highest BCUT2D eigenvalue weighted by Gasteiger charge is 2.39. The van der Waals surface area contributed by atoms with Crippen molar-refractivity contribution in [2.75, 3.05) is 20.8 Å². The summed E-state index contributed by atoms with van der Waals surface area (Å²) in [5.41, 5.74) is 0.585. The molecule has 1 aromatic carbocycles. The minimum atomic E-state index is -0.609. The third-order valence-corrected chi connectivity index (χ3v) is 5.15. The van der Waals surface area contributed by atoms with Crippen LogP contribution in [0.25, 0.3) is 6.08 Å². The summed E-state index contributed by atoms with van der Waals surface area (Å²) >= 11 is 0. The van der Waals surface area contributed by atoms with Crippen LogP contribution >= 0.6 is 0 Å². The molecule has 0 unspecified atom stereocenters. The summed E-state index contributed by atoms with van der Waals surface area (Å²) in [6, 6.07) is 5.73. The first-order chi connectivity index (χ1) is 14.5. The van der Waals surface area contributed by atoms with E-state index in [4.69, 9.17) is 23.7 Å². The zero-order valence-corrected chi connectivity index (χ0v) is 19.6. The van der Waals surface area contributed by atoms with Crippen LogP contribution in [0.5, 0.6) is 11.5 Å². The first-order valence-electron chi connectivity index (χ1n) is 10.3. The van der Waals surface area contributed by atoms with Crippen molar-refractivity contribution in [1.82, 2.24) is 0 Å². The number of benzene rings is 1. The Kier molecular flexibility index (Phi) is 7.96. The summed E-state index contributed by atoms with van der Waals surface area (Å²) < 4.78 is 28.6. The molecule has 1 aliphatic rings. The van der Waals surface area contributed by atoms with Crippen LogP contribution in [0.15, 0.2) is 48.3 Å². The summed E-state index contributed by atoms with van der Waals surface area (Å²) in [5.74, 6) is 1.61. The van der Waals surface area contributed by atoms with Crippen molar-refractivity contribution in [1.29, 1.82) is 0 Å². The van der Waals surface area contributed by atoms with Crippen molar-refractivity contribution in [3.05, 3.63) is 53.8 Å². The van der Waals surface area contributed by atoms with Crippen molar-refractivity contribution in [2.45, 2.75) is 58.3 Å². The maximum Gasteiger partial charge on any atom is 0.309 e. The molecule has 1 heterocycles. The molecule has 0 aromatic heterocycles.